The van der Waals surface area contributed by atoms with Gasteiger partial charge in [0.2, 0.25) is 12.6 Å². The van der Waals surface area contributed by atoms with Crippen LogP contribution in [0.4, 0.5) is 0 Å². The maximum atomic E-state index is 14.1. The van der Waals surface area contributed by atoms with Crippen molar-refractivity contribution in [3.8, 4) is 23.3 Å². The Morgan fingerprint density at radius 3 is 2.51 bits per heavy atom. The summed E-state index contributed by atoms with van der Waals surface area (Å²) in [6, 6.07) is 8.52. The van der Waals surface area contributed by atoms with Crippen LogP contribution in [0.15, 0.2) is 58.5 Å². The summed E-state index contributed by atoms with van der Waals surface area (Å²) in [6.45, 7) is 4.81. The predicted octanol–water partition coefficient (Wildman–Crippen LogP) is 2.88. The molecule has 3 unspecified atom stereocenters. The van der Waals surface area contributed by atoms with Crippen LogP contribution < -0.4 is 14.2 Å². The zero-order chi connectivity index (χ0) is 33.3. The SMILES string of the molecule is COC1=C(C)C(=O)C2=C(C1=O)C1C3=Cc4c(OC(C)=O)c(C)c5c(c4[C@H](COCc4ccccc4)N3[C@@H](C#N)C(C2O)N1C)OCO5. The van der Waals surface area contributed by atoms with Crippen molar-refractivity contribution in [3.63, 3.8) is 0 Å². The summed E-state index contributed by atoms with van der Waals surface area (Å²) in [6.07, 6.45) is 0.324. The van der Waals surface area contributed by atoms with Gasteiger partial charge in [0, 0.05) is 46.0 Å². The second-order valence-corrected chi connectivity index (χ2v) is 12.2. The highest BCUT2D eigenvalue weighted by Crippen LogP contribution is 2.56. The molecule has 0 radical (unpaired) electrons. The molecule has 47 heavy (non-hydrogen) atoms. The smallest absolute Gasteiger partial charge is 0.308 e. The van der Waals surface area contributed by atoms with E-state index in [0.717, 1.165) is 5.56 Å². The van der Waals surface area contributed by atoms with Gasteiger partial charge in [0.1, 0.15) is 17.9 Å². The van der Waals surface area contributed by atoms with Crippen LogP contribution in [-0.2, 0) is 30.5 Å². The maximum absolute atomic E-state index is 14.1. The number of ether oxygens (including phenoxy) is 5. The van der Waals surface area contributed by atoms with Gasteiger partial charge in [0.05, 0.1) is 44.5 Å². The van der Waals surface area contributed by atoms with Gasteiger partial charge in [-0.15, -0.1) is 0 Å². The van der Waals surface area contributed by atoms with Crippen molar-refractivity contribution in [1.82, 2.24) is 9.80 Å². The molecular weight excluding hydrogens is 606 g/mol. The molecule has 7 rings (SSSR count). The van der Waals surface area contributed by atoms with Gasteiger partial charge in [-0.25, -0.2) is 0 Å². The van der Waals surface area contributed by atoms with Gasteiger partial charge in [0.15, 0.2) is 23.0 Å². The number of carbonyl (C=O) groups is 3. The third-order valence-electron chi connectivity index (χ3n) is 9.64. The Morgan fingerprint density at radius 2 is 1.83 bits per heavy atom. The molecule has 1 fully saturated rings. The molecule has 0 amide bonds. The predicted molar refractivity (Wildman–Crippen MR) is 165 cm³/mol. The summed E-state index contributed by atoms with van der Waals surface area (Å²) >= 11 is 0. The second-order valence-electron chi connectivity index (χ2n) is 12.2. The van der Waals surface area contributed by atoms with Gasteiger partial charge in [-0.05, 0) is 32.5 Å². The van der Waals surface area contributed by atoms with Crippen molar-refractivity contribution in [2.45, 2.75) is 57.6 Å². The number of fused-ring (bicyclic) bond motifs is 8. The van der Waals surface area contributed by atoms with E-state index in [-0.39, 0.29) is 48.2 Å². The van der Waals surface area contributed by atoms with Gasteiger partial charge < -0.3 is 33.7 Å². The Kier molecular flexibility index (Phi) is 7.43. The molecule has 0 aromatic heterocycles. The average Bonchev–Trinajstić information content (AvgIpc) is 3.54. The van der Waals surface area contributed by atoms with Crippen molar-refractivity contribution in [3.05, 3.63) is 80.8 Å². The summed E-state index contributed by atoms with van der Waals surface area (Å²) in [5.41, 5.74) is 3.21. The first-order valence-corrected chi connectivity index (χ1v) is 15.2. The molecule has 4 aliphatic heterocycles. The molecule has 1 N–H and O–H groups in total. The van der Waals surface area contributed by atoms with Crippen molar-refractivity contribution < 1.29 is 43.2 Å². The number of nitriles is 1. The minimum atomic E-state index is -1.45. The normalized spacial score (nSPS) is 25.9. The number of benzene rings is 2. The highest BCUT2D eigenvalue weighted by Gasteiger charge is 2.59. The van der Waals surface area contributed by atoms with Crippen molar-refractivity contribution in [2.24, 2.45) is 0 Å². The van der Waals surface area contributed by atoms with Gasteiger partial charge in [-0.1, -0.05) is 30.3 Å². The van der Waals surface area contributed by atoms with E-state index in [9.17, 15) is 24.8 Å². The van der Waals surface area contributed by atoms with Gasteiger partial charge in [0.25, 0.3) is 0 Å². The molecule has 1 saturated heterocycles. The molecule has 0 spiro atoms. The van der Waals surface area contributed by atoms with E-state index in [1.54, 1.807) is 24.9 Å². The molecule has 242 valence electrons. The Labute approximate surface area is 271 Å². The number of Topliss-reactive ketones (excluding diaryl/α,β-unsaturated/α-hetero) is 2. The standard InChI is InChI=1S/C35H33N3O9/c1-16-29(40)26-25(31(42)33(16)43-5)27-21-11-20-24(35-34(45-15-46-35)17(2)32(20)47-18(3)39)23(14-44-13-19-9-7-6-8-10-19)38(21)22(12-36)28(30(26)41)37(27)4/h6-11,22-23,27-28,30,41H,13-15H2,1-5H3/t22-,23-,27?,28?,30?/m0/s1. The first-order chi connectivity index (χ1) is 22.6. The fourth-order valence-electron chi connectivity index (χ4n) is 7.68. The van der Waals surface area contributed by atoms with Crippen molar-refractivity contribution >= 4 is 23.6 Å². The summed E-state index contributed by atoms with van der Waals surface area (Å²) in [5.74, 6) is -0.572. The lowest BCUT2D eigenvalue weighted by Gasteiger charge is -2.58. The lowest BCUT2D eigenvalue weighted by atomic mass is 9.70. The number of hydrogen-bond donors (Lipinski definition) is 1. The largest absolute Gasteiger partial charge is 0.492 e. The minimum Gasteiger partial charge on any atom is -0.492 e. The quantitative estimate of drug-likeness (QED) is 0.282. The molecule has 2 aromatic rings. The monoisotopic (exact) mass is 639 g/mol. The molecule has 5 atom stereocenters. The number of nitrogens with zero attached hydrogens (tertiary/aromatic N) is 3. The summed E-state index contributed by atoms with van der Waals surface area (Å²) in [7, 11) is 3.04. The fraction of sp³-hybridized carbons (Fsp3) is 0.371. The van der Waals surface area contributed by atoms with Crippen molar-refractivity contribution in [2.75, 3.05) is 27.6 Å². The Balaban J connectivity index is 1.48. The number of likely N-dealkylation sites (N-methyl/N-ethyl adjacent to an activating group) is 1. The Hall–Kier alpha value is -4.96. The van der Waals surface area contributed by atoms with Crippen LogP contribution in [0.25, 0.3) is 6.08 Å². The molecular formula is C35H33N3O9. The third kappa shape index (κ3) is 4.41. The average molecular weight is 640 g/mol. The van der Waals surface area contributed by atoms with Crippen LogP contribution in [0, 0.1) is 18.3 Å². The van der Waals surface area contributed by atoms with E-state index in [0.29, 0.717) is 33.9 Å². The number of rotatable bonds is 6. The Morgan fingerprint density at radius 1 is 1.11 bits per heavy atom. The summed E-state index contributed by atoms with van der Waals surface area (Å²) in [4.78, 5) is 43.8. The molecule has 12 heteroatoms. The van der Waals surface area contributed by atoms with Gasteiger partial charge in [-0.3, -0.25) is 19.3 Å². The van der Waals surface area contributed by atoms with Crippen LogP contribution in [0.2, 0.25) is 0 Å². The molecule has 4 heterocycles. The number of aliphatic hydroxyl groups excluding tert-OH is 1. The minimum absolute atomic E-state index is 0.0352. The lowest BCUT2D eigenvalue weighted by Crippen LogP contribution is -2.70. The fourth-order valence-corrected chi connectivity index (χ4v) is 7.68. The van der Waals surface area contributed by atoms with E-state index >= 15 is 0 Å². The molecule has 1 aliphatic carbocycles. The van der Waals surface area contributed by atoms with E-state index in [1.807, 2.05) is 35.2 Å². The topological polar surface area (TPSA) is 148 Å². The molecule has 5 aliphatic rings. The van der Waals surface area contributed by atoms with E-state index in [1.165, 1.54) is 21.0 Å². The maximum Gasteiger partial charge on any atom is 0.308 e. The number of piperazine rings is 1. The zero-order valence-corrected chi connectivity index (χ0v) is 26.5. The molecule has 2 bridgehead atoms. The van der Waals surface area contributed by atoms with Crippen LogP contribution in [-0.4, -0.2) is 84.2 Å². The number of aliphatic hydroxyl groups is 1. The first kappa shape index (κ1) is 30.7. The molecule has 12 nitrogen and oxygen atoms in total. The van der Waals surface area contributed by atoms with E-state index in [4.69, 9.17) is 23.7 Å². The first-order valence-electron chi connectivity index (χ1n) is 15.2. The molecule has 2 aromatic carbocycles. The lowest BCUT2D eigenvalue weighted by molar-refractivity contribution is -0.132. The number of ketones is 2. The molecule has 0 saturated carbocycles. The number of esters is 1. The summed E-state index contributed by atoms with van der Waals surface area (Å²) in [5, 5.41) is 22.6. The van der Waals surface area contributed by atoms with Crippen LogP contribution in [0.5, 0.6) is 17.2 Å². The van der Waals surface area contributed by atoms with Gasteiger partial charge in [-0.2, -0.15) is 5.26 Å². The third-order valence-corrected chi connectivity index (χ3v) is 9.64. The van der Waals surface area contributed by atoms with E-state index < -0.39 is 47.8 Å². The van der Waals surface area contributed by atoms with Gasteiger partial charge >= 0.3 is 5.97 Å². The Bertz CT molecular complexity index is 1870. The summed E-state index contributed by atoms with van der Waals surface area (Å²) < 4.78 is 29.4. The second kappa shape index (κ2) is 11.4. The number of carbonyl (C=O) groups excluding carboxylic acids is 3. The highest BCUT2D eigenvalue weighted by molar-refractivity contribution is 6.25. The van der Waals surface area contributed by atoms with Crippen LogP contribution >= 0.6 is 0 Å². The van der Waals surface area contributed by atoms with E-state index in [2.05, 4.69) is 6.07 Å². The van der Waals surface area contributed by atoms with Crippen LogP contribution in [0.3, 0.4) is 0 Å². The number of methoxy groups -OCH3 is 1. The van der Waals surface area contributed by atoms with Crippen LogP contribution in [0.1, 0.15) is 42.1 Å². The number of hydrogen-bond acceptors (Lipinski definition) is 12. The highest BCUT2D eigenvalue weighted by atomic mass is 16.7. The van der Waals surface area contributed by atoms with Crippen molar-refractivity contribution in [1.29, 1.82) is 5.26 Å². The number of allylic oxidation sites excluding steroid dienone is 2. The zero-order valence-electron chi connectivity index (χ0n) is 26.5.